The summed E-state index contributed by atoms with van der Waals surface area (Å²) < 4.78 is 68.4. The number of halogens is 3. The molecule has 0 saturated carbocycles. The van der Waals surface area contributed by atoms with Crippen molar-refractivity contribution in [3.05, 3.63) is 71.9 Å². The van der Waals surface area contributed by atoms with Crippen LogP contribution in [-0.4, -0.2) is 86.2 Å². The van der Waals surface area contributed by atoms with E-state index in [4.69, 9.17) is 4.84 Å². The third-order valence-corrected chi connectivity index (χ3v) is 9.62. The highest BCUT2D eigenvalue weighted by Gasteiger charge is 2.43. The van der Waals surface area contributed by atoms with Crippen LogP contribution in [0.2, 0.25) is 0 Å². The zero-order chi connectivity index (χ0) is 29.1. The molecule has 1 N–H and O–H groups in total. The normalized spacial score (nSPS) is 20.1. The van der Waals surface area contributed by atoms with Crippen LogP contribution in [-0.2, 0) is 26.1 Å². The van der Waals surface area contributed by atoms with Gasteiger partial charge in [0.1, 0.15) is 17.0 Å². The van der Waals surface area contributed by atoms with E-state index in [2.05, 4.69) is 27.2 Å². The maximum absolute atomic E-state index is 13.2. The number of rotatable bonds is 8. The molecule has 3 heterocycles. The second kappa shape index (κ2) is 12.0. The number of ether oxygens (including phenoxy) is 1. The molecule has 13 heteroatoms. The number of aryl methyl sites for hydroxylation is 1. The summed E-state index contributed by atoms with van der Waals surface area (Å²) in [6, 6.07) is 14.5. The monoisotopic (exact) mass is 594 g/mol. The van der Waals surface area contributed by atoms with Crippen molar-refractivity contribution in [1.82, 2.24) is 19.6 Å². The Morgan fingerprint density at radius 1 is 0.951 bits per heavy atom. The molecule has 222 valence electrons. The molecule has 0 aromatic heterocycles. The third kappa shape index (κ3) is 7.21. The number of nitrogens with zero attached hydrogens (tertiary/aromatic N) is 3. The van der Waals surface area contributed by atoms with E-state index in [1.807, 2.05) is 18.2 Å². The Hall–Kier alpha value is -3.13. The Kier molecular flexibility index (Phi) is 8.60. The van der Waals surface area contributed by atoms with Gasteiger partial charge in [-0.3, -0.25) is 20.0 Å². The van der Waals surface area contributed by atoms with Crippen molar-refractivity contribution in [2.75, 3.05) is 45.8 Å². The molecule has 0 aliphatic carbocycles. The van der Waals surface area contributed by atoms with Gasteiger partial charge in [0.15, 0.2) is 0 Å². The fourth-order valence-electron chi connectivity index (χ4n) is 5.39. The average molecular weight is 595 g/mol. The lowest BCUT2D eigenvalue weighted by atomic mass is 9.92. The van der Waals surface area contributed by atoms with E-state index in [1.165, 1.54) is 9.87 Å². The molecule has 41 heavy (non-hydrogen) atoms. The first-order valence-electron chi connectivity index (χ1n) is 13.6. The average Bonchev–Trinajstić information content (AvgIpc) is 3.36. The molecule has 1 spiro atoms. The highest BCUT2D eigenvalue weighted by Crippen LogP contribution is 2.35. The van der Waals surface area contributed by atoms with E-state index in [9.17, 15) is 26.4 Å². The quantitative estimate of drug-likeness (QED) is 0.502. The fourth-order valence-corrected chi connectivity index (χ4v) is 6.84. The lowest BCUT2D eigenvalue weighted by molar-refractivity contribution is -0.274. The summed E-state index contributed by atoms with van der Waals surface area (Å²) in [5, 5.41) is 0. The predicted molar refractivity (Wildman–Crippen MR) is 144 cm³/mol. The van der Waals surface area contributed by atoms with Crippen molar-refractivity contribution >= 4 is 15.9 Å². The number of benzene rings is 2. The molecule has 2 fully saturated rings. The molecular weight excluding hydrogens is 561 g/mol. The fraction of sp³-hybridized carbons (Fsp3) is 0.464. The van der Waals surface area contributed by atoms with Crippen molar-refractivity contribution in [2.45, 2.75) is 42.5 Å². The molecule has 9 nitrogen and oxygen atoms in total. The molecule has 3 aliphatic heterocycles. The van der Waals surface area contributed by atoms with Crippen molar-refractivity contribution in [3.63, 3.8) is 0 Å². The third-order valence-electron chi connectivity index (χ3n) is 7.71. The van der Waals surface area contributed by atoms with Crippen molar-refractivity contribution < 1.29 is 36.0 Å². The molecule has 0 radical (unpaired) electrons. The summed E-state index contributed by atoms with van der Waals surface area (Å²) in [5.74, 6) is -0.631. The van der Waals surface area contributed by atoms with Crippen LogP contribution in [0.4, 0.5) is 13.2 Å². The topological polar surface area (TPSA) is 91.4 Å². The van der Waals surface area contributed by atoms with E-state index in [0.717, 1.165) is 56.7 Å². The van der Waals surface area contributed by atoms with Gasteiger partial charge in [0, 0.05) is 39.3 Å². The van der Waals surface area contributed by atoms with Crippen LogP contribution in [0, 0.1) is 0 Å². The number of piperazine rings is 1. The lowest BCUT2D eigenvalue weighted by Gasteiger charge is -2.35. The minimum Gasteiger partial charge on any atom is -0.406 e. The number of hydrogen-bond donors (Lipinski definition) is 1. The number of hydrogen-bond acceptors (Lipinski definition) is 7. The van der Waals surface area contributed by atoms with Gasteiger partial charge in [-0.15, -0.1) is 13.2 Å². The van der Waals surface area contributed by atoms with Gasteiger partial charge in [0.25, 0.3) is 5.91 Å². The number of alkyl halides is 3. The summed E-state index contributed by atoms with van der Waals surface area (Å²) in [7, 11) is -3.92. The summed E-state index contributed by atoms with van der Waals surface area (Å²) in [5.41, 5.74) is 3.65. The van der Waals surface area contributed by atoms with Gasteiger partial charge in [-0.2, -0.15) is 4.31 Å². The van der Waals surface area contributed by atoms with E-state index in [0.29, 0.717) is 31.6 Å². The van der Waals surface area contributed by atoms with Crippen LogP contribution in [0.15, 0.2) is 71.3 Å². The Balaban J connectivity index is 1.10. The van der Waals surface area contributed by atoms with Crippen molar-refractivity contribution in [2.24, 2.45) is 0 Å². The van der Waals surface area contributed by atoms with Crippen LogP contribution < -0.4 is 10.2 Å². The van der Waals surface area contributed by atoms with Crippen LogP contribution in [0.1, 0.15) is 24.8 Å². The van der Waals surface area contributed by atoms with Gasteiger partial charge in [-0.05, 0) is 68.1 Å². The van der Waals surface area contributed by atoms with Crippen LogP contribution in [0.25, 0.3) is 0 Å². The van der Waals surface area contributed by atoms with Crippen molar-refractivity contribution in [1.29, 1.82) is 0 Å². The Morgan fingerprint density at radius 2 is 1.61 bits per heavy atom. The zero-order valence-corrected chi connectivity index (χ0v) is 23.3. The molecule has 0 bridgehead atoms. The predicted octanol–water partition coefficient (Wildman–Crippen LogP) is 3.30. The number of carbonyl (C=O) groups is 1. The van der Waals surface area contributed by atoms with Gasteiger partial charge in [-0.25, -0.2) is 8.42 Å². The summed E-state index contributed by atoms with van der Waals surface area (Å²) in [6.45, 7) is 4.08. The van der Waals surface area contributed by atoms with E-state index in [1.54, 1.807) is 11.0 Å². The Labute approximate surface area is 237 Å². The van der Waals surface area contributed by atoms with Crippen molar-refractivity contribution in [3.8, 4) is 5.75 Å². The van der Waals surface area contributed by atoms with Crippen LogP contribution in [0.5, 0.6) is 5.75 Å². The standard InChI is InChI=1S/C28H33F3N4O5S/c29-28(30,31)39-23-8-10-24(11-9-23)41(37,38)35-15-12-27(13-16-35)21-25(32-40-27)26(36)34-19-17-33(18-20-34)14-4-7-22-5-2-1-3-6-22/h1-3,5-6,8-11,21,32H,4,7,12-20H2. The molecule has 5 rings (SSSR count). The molecule has 0 unspecified atom stereocenters. The van der Waals surface area contributed by atoms with Gasteiger partial charge >= 0.3 is 6.36 Å². The van der Waals surface area contributed by atoms with E-state index < -0.39 is 27.7 Å². The maximum Gasteiger partial charge on any atom is 0.573 e. The summed E-state index contributed by atoms with van der Waals surface area (Å²) >= 11 is 0. The molecule has 2 aromatic carbocycles. The van der Waals surface area contributed by atoms with Gasteiger partial charge in [0.05, 0.1) is 4.90 Å². The van der Waals surface area contributed by atoms with Gasteiger partial charge in [-0.1, -0.05) is 30.3 Å². The number of sulfonamides is 1. The first-order chi connectivity index (χ1) is 19.5. The zero-order valence-electron chi connectivity index (χ0n) is 22.5. The number of piperidine rings is 1. The highest BCUT2D eigenvalue weighted by molar-refractivity contribution is 7.89. The molecule has 3 aliphatic rings. The Morgan fingerprint density at radius 3 is 2.24 bits per heavy atom. The largest absolute Gasteiger partial charge is 0.573 e. The smallest absolute Gasteiger partial charge is 0.406 e. The molecule has 2 aromatic rings. The van der Waals surface area contributed by atoms with Gasteiger partial charge in [0.2, 0.25) is 10.0 Å². The summed E-state index contributed by atoms with van der Waals surface area (Å²) in [6.07, 6.45) is -0.374. The van der Waals surface area contributed by atoms with Gasteiger partial charge < -0.3 is 9.64 Å². The number of amides is 1. The van der Waals surface area contributed by atoms with E-state index >= 15 is 0 Å². The highest BCUT2D eigenvalue weighted by atomic mass is 32.2. The molecule has 2 saturated heterocycles. The van der Waals surface area contributed by atoms with Crippen LogP contribution >= 0.6 is 0 Å². The first-order valence-corrected chi connectivity index (χ1v) is 15.1. The maximum atomic E-state index is 13.2. The van der Waals surface area contributed by atoms with E-state index in [-0.39, 0.29) is 23.9 Å². The molecule has 0 atom stereocenters. The molecular formula is C28H33F3N4O5S. The lowest BCUT2D eigenvalue weighted by Crippen LogP contribution is -2.50. The summed E-state index contributed by atoms with van der Waals surface area (Å²) in [4.78, 5) is 23.0. The minimum atomic E-state index is -4.86. The minimum absolute atomic E-state index is 0.126. The second-order valence-corrected chi connectivity index (χ2v) is 12.4. The first kappa shape index (κ1) is 29.4. The number of nitrogens with one attached hydrogen (secondary N) is 1. The number of carbonyl (C=O) groups excluding carboxylic acids is 1. The second-order valence-electron chi connectivity index (χ2n) is 10.5. The number of hydroxylamine groups is 1. The Bertz CT molecular complexity index is 1340. The van der Waals surface area contributed by atoms with Crippen LogP contribution in [0.3, 0.4) is 0 Å². The molecule has 1 amide bonds. The SMILES string of the molecule is O=C(C1=CC2(CCN(S(=O)(=O)c3ccc(OC(F)(F)F)cc3)CC2)ON1)N1CCN(CCCc2ccccc2)CC1.